The Hall–Kier alpha value is -1.73. The second kappa shape index (κ2) is 12.0. The zero-order valence-electron chi connectivity index (χ0n) is 16.8. The highest BCUT2D eigenvalue weighted by molar-refractivity contribution is 7.99. The van der Waals surface area contributed by atoms with Gasteiger partial charge in [0, 0.05) is 30.9 Å². The minimum atomic E-state index is -0.781. The van der Waals surface area contributed by atoms with E-state index in [0.717, 1.165) is 37.1 Å². The Morgan fingerprint density at radius 3 is 2.75 bits per heavy atom. The fourth-order valence-corrected chi connectivity index (χ4v) is 4.29. The molecule has 0 saturated carbocycles. The van der Waals surface area contributed by atoms with Crippen LogP contribution in [-0.2, 0) is 16.1 Å². The molecule has 0 bridgehead atoms. The zero-order chi connectivity index (χ0) is 20.4. The van der Waals surface area contributed by atoms with Crippen LogP contribution in [0.2, 0.25) is 0 Å². The predicted octanol–water partition coefficient (Wildman–Crippen LogP) is 3.61. The number of carboxylic acids is 1. The molecule has 1 fully saturated rings. The van der Waals surface area contributed by atoms with Gasteiger partial charge in [0.2, 0.25) is 0 Å². The van der Waals surface area contributed by atoms with Gasteiger partial charge in [0.1, 0.15) is 6.61 Å². The lowest BCUT2D eigenvalue weighted by molar-refractivity contribution is -0.133. The molecule has 2 atom stereocenters. The molecule has 7 heteroatoms. The average Bonchev–Trinajstić information content (AvgIpc) is 3.13. The highest BCUT2D eigenvalue weighted by atomic mass is 32.2. The summed E-state index contributed by atoms with van der Waals surface area (Å²) in [7, 11) is 0. The van der Waals surface area contributed by atoms with Crippen LogP contribution in [0.5, 0.6) is 0 Å². The molecule has 0 aliphatic carbocycles. The third-order valence-corrected chi connectivity index (χ3v) is 5.85. The Kier molecular flexibility index (Phi) is 9.64. The summed E-state index contributed by atoms with van der Waals surface area (Å²) in [5, 5.41) is 12.4. The molecule has 156 valence electrons. The first kappa shape index (κ1) is 22.6. The maximum absolute atomic E-state index is 12.5. The van der Waals surface area contributed by atoms with E-state index in [4.69, 9.17) is 9.84 Å². The molecule has 6 nitrogen and oxygen atoms in total. The highest BCUT2D eigenvalue weighted by Crippen LogP contribution is 2.19. The molecule has 1 unspecified atom stereocenters. The van der Waals surface area contributed by atoms with Gasteiger partial charge in [0.25, 0.3) is 0 Å². The fourth-order valence-electron chi connectivity index (χ4n) is 3.46. The molecule has 0 radical (unpaired) electrons. The van der Waals surface area contributed by atoms with E-state index in [2.05, 4.69) is 19.2 Å². The smallest absolute Gasteiger partial charge is 0.410 e. The summed E-state index contributed by atoms with van der Waals surface area (Å²) < 4.78 is 5.49. The van der Waals surface area contributed by atoms with Crippen molar-refractivity contribution in [3.05, 3.63) is 35.9 Å². The number of nitrogens with one attached hydrogen (secondary N) is 1. The lowest BCUT2D eigenvalue weighted by atomic mass is 10.0. The van der Waals surface area contributed by atoms with Gasteiger partial charge in [-0.2, -0.15) is 0 Å². The predicted molar refractivity (Wildman–Crippen MR) is 113 cm³/mol. The van der Waals surface area contributed by atoms with Crippen molar-refractivity contribution in [2.24, 2.45) is 5.92 Å². The molecular weight excluding hydrogens is 376 g/mol. The van der Waals surface area contributed by atoms with Crippen molar-refractivity contribution < 1.29 is 19.4 Å². The van der Waals surface area contributed by atoms with E-state index in [1.807, 2.05) is 35.2 Å². The summed E-state index contributed by atoms with van der Waals surface area (Å²) in [5.74, 6) is 0.627. The van der Waals surface area contributed by atoms with Crippen molar-refractivity contribution in [2.75, 3.05) is 24.6 Å². The maximum Gasteiger partial charge on any atom is 0.410 e. The number of carbonyl (C=O) groups is 2. The third kappa shape index (κ3) is 8.10. The average molecular weight is 409 g/mol. The van der Waals surface area contributed by atoms with E-state index in [-0.39, 0.29) is 30.5 Å². The van der Waals surface area contributed by atoms with Crippen LogP contribution in [0.1, 0.15) is 38.7 Å². The van der Waals surface area contributed by atoms with Crippen LogP contribution in [0.25, 0.3) is 0 Å². The maximum atomic E-state index is 12.5. The van der Waals surface area contributed by atoms with Crippen molar-refractivity contribution in [3.63, 3.8) is 0 Å². The van der Waals surface area contributed by atoms with E-state index in [1.54, 1.807) is 0 Å². The molecule has 2 N–H and O–H groups in total. The molecule has 1 heterocycles. The molecule has 1 amide bonds. The van der Waals surface area contributed by atoms with Gasteiger partial charge < -0.3 is 20.1 Å². The fraction of sp³-hybridized carbons (Fsp3) is 0.619. The molecule has 1 aromatic carbocycles. The monoisotopic (exact) mass is 408 g/mol. The number of aliphatic carboxylic acids is 1. The van der Waals surface area contributed by atoms with Gasteiger partial charge >= 0.3 is 12.1 Å². The number of hydrogen-bond acceptors (Lipinski definition) is 5. The third-order valence-electron chi connectivity index (χ3n) is 4.76. The van der Waals surface area contributed by atoms with Gasteiger partial charge in [0.15, 0.2) is 0 Å². The molecule has 28 heavy (non-hydrogen) atoms. The lowest BCUT2D eigenvalue weighted by Gasteiger charge is -2.27. The van der Waals surface area contributed by atoms with Crippen LogP contribution < -0.4 is 5.32 Å². The Morgan fingerprint density at radius 1 is 1.32 bits per heavy atom. The number of thioether (sulfide) groups is 1. The first-order valence-corrected chi connectivity index (χ1v) is 11.1. The molecule has 1 aliphatic rings. The first-order valence-electron chi connectivity index (χ1n) is 9.96. The number of amides is 1. The first-order chi connectivity index (χ1) is 13.5. The summed E-state index contributed by atoms with van der Waals surface area (Å²) >= 11 is 1.44. The largest absolute Gasteiger partial charge is 0.481 e. The van der Waals surface area contributed by atoms with Gasteiger partial charge in [-0.3, -0.25) is 4.79 Å². The van der Waals surface area contributed by atoms with Crippen LogP contribution >= 0.6 is 11.8 Å². The van der Waals surface area contributed by atoms with E-state index >= 15 is 0 Å². The SMILES string of the molecule is CC(C)C[C@@H](CSCC(=O)O)NCC1CCCN1C(=O)OCc1ccccc1. The second-order valence-corrected chi connectivity index (χ2v) is 8.70. The number of carboxylic acid groups (broad SMARTS) is 1. The van der Waals surface area contributed by atoms with Crippen LogP contribution in [0.15, 0.2) is 30.3 Å². The number of carbonyl (C=O) groups excluding carboxylic acids is 1. The van der Waals surface area contributed by atoms with Crippen LogP contribution in [-0.4, -0.2) is 58.7 Å². The standard InChI is InChI=1S/C21H32N2O4S/c1-16(2)11-18(14-28-15-20(24)25)22-12-19-9-6-10-23(19)21(26)27-13-17-7-4-3-5-8-17/h3-5,7-8,16,18-19,22H,6,9-15H2,1-2H3,(H,24,25)/t18-,19?/m0/s1. The van der Waals surface area contributed by atoms with Crippen molar-refractivity contribution >= 4 is 23.8 Å². The van der Waals surface area contributed by atoms with Gasteiger partial charge in [-0.1, -0.05) is 44.2 Å². The zero-order valence-corrected chi connectivity index (χ0v) is 17.6. The van der Waals surface area contributed by atoms with Gasteiger partial charge in [-0.05, 0) is 30.7 Å². The molecule has 0 aromatic heterocycles. The normalized spacial score (nSPS) is 17.7. The molecular formula is C21H32N2O4S. The van der Waals surface area contributed by atoms with Crippen molar-refractivity contribution in [1.82, 2.24) is 10.2 Å². The number of ether oxygens (including phenoxy) is 1. The quantitative estimate of drug-likeness (QED) is 0.582. The number of hydrogen-bond donors (Lipinski definition) is 2. The topological polar surface area (TPSA) is 78.9 Å². The Balaban J connectivity index is 1.81. The Bertz CT molecular complexity index is 612. The Labute approximate surface area is 172 Å². The molecule has 2 rings (SSSR count). The summed E-state index contributed by atoms with van der Waals surface area (Å²) in [6, 6.07) is 10.1. The highest BCUT2D eigenvalue weighted by Gasteiger charge is 2.30. The van der Waals surface area contributed by atoms with Crippen molar-refractivity contribution in [2.45, 2.75) is 51.8 Å². The van der Waals surface area contributed by atoms with Gasteiger partial charge in [-0.25, -0.2) is 4.79 Å². The van der Waals surface area contributed by atoms with Crippen LogP contribution in [0, 0.1) is 5.92 Å². The number of nitrogens with zero attached hydrogens (tertiary/aromatic N) is 1. The second-order valence-electron chi connectivity index (χ2n) is 7.67. The van der Waals surface area contributed by atoms with Crippen molar-refractivity contribution in [3.8, 4) is 0 Å². The van der Waals surface area contributed by atoms with E-state index in [9.17, 15) is 9.59 Å². The Morgan fingerprint density at radius 2 is 2.07 bits per heavy atom. The molecule has 1 aliphatic heterocycles. The van der Waals surface area contributed by atoms with Crippen LogP contribution in [0.3, 0.4) is 0 Å². The summed E-state index contributed by atoms with van der Waals surface area (Å²) in [6.45, 7) is 6.06. The molecule has 1 aromatic rings. The van der Waals surface area contributed by atoms with Crippen LogP contribution in [0.4, 0.5) is 4.79 Å². The van der Waals surface area contributed by atoms with E-state index in [0.29, 0.717) is 12.5 Å². The number of benzene rings is 1. The number of rotatable bonds is 11. The molecule has 0 spiro atoms. The minimum absolute atomic E-state index is 0.123. The molecule has 1 saturated heterocycles. The summed E-state index contributed by atoms with van der Waals surface area (Å²) in [6.07, 6.45) is 2.67. The van der Waals surface area contributed by atoms with Gasteiger partial charge in [0.05, 0.1) is 5.75 Å². The lowest BCUT2D eigenvalue weighted by Crippen LogP contribution is -2.45. The minimum Gasteiger partial charge on any atom is -0.481 e. The number of likely N-dealkylation sites (tertiary alicyclic amines) is 1. The van der Waals surface area contributed by atoms with Gasteiger partial charge in [-0.15, -0.1) is 11.8 Å². The van der Waals surface area contributed by atoms with E-state index < -0.39 is 5.97 Å². The summed E-state index contributed by atoms with van der Waals surface area (Å²) in [4.78, 5) is 25.1. The van der Waals surface area contributed by atoms with Crippen molar-refractivity contribution in [1.29, 1.82) is 0 Å². The summed E-state index contributed by atoms with van der Waals surface area (Å²) in [5.41, 5.74) is 0.983. The van der Waals surface area contributed by atoms with E-state index in [1.165, 1.54) is 11.8 Å².